The molecule has 0 aromatic rings. The van der Waals surface area contributed by atoms with Gasteiger partial charge in [-0.1, -0.05) is 0 Å². The van der Waals surface area contributed by atoms with Crippen LogP contribution in [0.3, 0.4) is 0 Å². The van der Waals surface area contributed by atoms with E-state index in [-0.39, 0.29) is 4.90 Å². The highest BCUT2D eigenvalue weighted by atomic mass is 16.8. The van der Waals surface area contributed by atoms with Crippen molar-refractivity contribution in [1.29, 1.82) is 0 Å². The second-order valence-corrected chi connectivity index (χ2v) is 5.93. The van der Waals surface area contributed by atoms with Crippen LogP contribution in [0.15, 0.2) is 0 Å². The van der Waals surface area contributed by atoms with Crippen molar-refractivity contribution in [3.63, 3.8) is 0 Å². The van der Waals surface area contributed by atoms with Gasteiger partial charge in [-0.25, -0.2) is 19.3 Å². The lowest BCUT2D eigenvalue weighted by atomic mass is 10.2. The monoisotopic (exact) mass is 438 g/mol. The molecule has 1 aliphatic heterocycles. The van der Waals surface area contributed by atoms with Gasteiger partial charge in [0.25, 0.3) is 0 Å². The number of ether oxygens (including phenoxy) is 2. The Labute approximate surface area is 166 Å². The molecule has 1 rings (SSSR count). The van der Waals surface area contributed by atoms with E-state index in [9.17, 15) is 44.1 Å². The normalized spacial score (nSPS) is 24.1. The van der Waals surface area contributed by atoms with Crippen LogP contribution in [0.1, 0.15) is 0 Å². The van der Waals surface area contributed by atoms with Gasteiger partial charge in [0.2, 0.25) is 0 Å². The zero-order valence-electron chi connectivity index (χ0n) is 15.0. The lowest BCUT2D eigenvalue weighted by Gasteiger charge is -2.36. The van der Waals surface area contributed by atoms with Crippen LogP contribution in [0.5, 0.6) is 0 Å². The van der Waals surface area contributed by atoms with E-state index >= 15 is 0 Å². The number of carboxylic acids is 4. The van der Waals surface area contributed by atoms with Gasteiger partial charge in [0, 0.05) is 13.1 Å². The molecule has 30 heavy (non-hydrogen) atoms. The Morgan fingerprint density at radius 2 is 1.17 bits per heavy atom. The molecular formula is C14H18N2O14. The van der Waals surface area contributed by atoms with E-state index in [0.29, 0.717) is 0 Å². The maximum atomic E-state index is 11.8. The smallest absolute Gasteiger partial charge is 0.424 e. The standard InChI is InChI=1S/C14H18N2O14/c17-6(18)3-15(4-7(19)20)1-2-16(5-8(21)22)14(13(27)28)29-11(25)9(23)10(24)12(26)30-14/h9-10,23-24H,1-5H2,(H,17,18)(H,19,20)(H,21,22)(H,27,28). The average molecular weight is 438 g/mol. The molecule has 2 atom stereocenters. The molecule has 1 heterocycles. The van der Waals surface area contributed by atoms with Crippen molar-refractivity contribution in [2.45, 2.75) is 18.1 Å². The number of esters is 2. The number of rotatable bonds is 11. The lowest BCUT2D eigenvalue weighted by molar-refractivity contribution is -0.282. The number of carboxylic acid groups (broad SMARTS) is 4. The summed E-state index contributed by atoms with van der Waals surface area (Å²) in [6.45, 7) is -4.27. The third kappa shape index (κ3) is 6.08. The minimum atomic E-state index is -3.44. The first kappa shape index (κ1) is 24.7. The van der Waals surface area contributed by atoms with E-state index in [1.807, 2.05) is 0 Å². The predicted molar refractivity (Wildman–Crippen MR) is 85.5 cm³/mol. The fourth-order valence-electron chi connectivity index (χ4n) is 2.38. The Balaban J connectivity index is 3.29. The van der Waals surface area contributed by atoms with E-state index in [2.05, 4.69) is 9.47 Å². The van der Waals surface area contributed by atoms with Crippen LogP contribution in [-0.4, -0.2) is 127 Å². The first-order valence-electron chi connectivity index (χ1n) is 7.98. The number of carbonyl (C=O) groups excluding carboxylic acids is 2. The Kier molecular flexibility index (Phi) is 8.17. The van der Waals surface area contributed by atoms with Gasteiger partial charge in [-0.3, -0.25) is 19.3 Å². The van der Waals surface area contributed by atoms with E-state index in [1.165, 1.54) is 0 Å². The van der Waals surface area contributed by atoms with Crippen LogP contribution in [0.25, 0.3) is 0 Å². The zero-order chi connectivity index (χ0) is 23.2. The van der Waals surface area contributed by atoms with Gasteiger partial charge in [-0.05, 0) is 0 Å². The van der Waals surface area contributed by atoms with Gasteiger partial charge in [-0.2, -0.15) is 0 Å². The molecule has 1 saturated heterocycles. The minimum absolute atomic E-state index is 0.273. The maximum absolute atomic E-state index is 11.8. The highest BCUT2D eigenvalue weighted by Gasteiger charge is 2.58. The summed E-state index contributed by atoms with van der Waals surface area (Å²) >= 11 is 0. The molecule has 16 nitrogen and oxygen atoms in total. The molecule has 0 aliphatic carbocycles. The largest absolute Gasteiger partial charge is 0.480 e. The summed E-state index contributed by atoms with van der Waals surface area (Å²) in [6, 6.07) is 0. The number of aliphatic hydroxyl groups is 2. The summed E-state index contributed by atoms with van der Waals surface area (Å²) < 4.78 is 8.98. The number of aliphatic hydroxyl groups excluding tert-OH is 2. The van der Waals surface area contributed by atoms with Crippen molar-refractivity contribution < 1.29 is 68.9 Å². The number of carbonyl (C=O) groups is 6. The summed E-state index contributed by atoms with van der Waals surface area (Å²) in [6.07, 6.45) is -5.05. The van der Waals surface area contributed by atoms with E-state index in [0.717, 1.165) is 4.90 Å². The van der Waals surface area contributed by atoms with Crippen molar-refractivity contribution in [2.24, 2.45) is 0 Å². The summed E-state index contributed by atoms with van der Waals surface area (Å²) in [5.41, 5.74) is 0. The van der Waals surface area contributed by atoms with Crippen molar-refractivity contribution in [3.8, 4) is 0 Å². The third-order valence-corrected chi connectivity index (χ3v) is 3.68. The second-order valence-electron chi connectivity index (χ2n) is 5.93. The molecule has 16 heteroatoms. The fraction of sp³-hybridized carbons (Fsp3) is 0.571. The molecule has 0 saturated carbocycles. The van der Waals surface area contributed by atoms with E-state index in [4.69, 9.17) is 15.3 Å². The van der Waals surface area contributed by atoms with Gasteiger partial charge in [0.05, 0.1) is 13.1 Å². The Bertz CT molecular complexity index is 698. The van der Waals surface area contributed by atoms with Gasteiger partial charge in [0.1, 0.15) is 6.54 Å². The summed E-state index contributed by atoms with van der Waals surface area (Å²) in [5.74, 6) is -13.9. The van der Waals surface area contributed by atoms with Gasteiger partial charge < -0.3 is 40.1 Å². The summed E-state index contributed by atoms with van der Waals surface area (Å²) in [7, 11) is 0. The predicted octanol–water partition coefficient (Wildman–Crippen LogP) is -4.60. The molecule has 0 radical (unpaired) electrons. The molecule has 0 aromatic heterocycles. The average Bonchev–Trinajstić information content (AvgIpc) is 2.68. The van der Waals surface area contributed by atoms with Crippen LogP contribution in [-0.2, 0) is 38.2 Å². The zero-order valence-corrected chi connectivity index (χ0v) is 15.0. The Morgan fingerprint density at radius 1 is 0.767 bits per heavy atom. The van der Waals surface area contributed by atoms with Crippen LogP contribution in [0.4, 0.5) is 0 Å². The van der Waals surface area contributed by atoms with Crippen LogP contribution >= 0.6 is 0 Å². The Hall–Kier alpha value is -3.34. The number of nitrogens with zero attached hydrogens (tertiary/aromatic N) is 2. The number of cyclic esters (lactones) is 2. The molecule has 168 valence electrons. The topological polar surface area (TPSA) is 249 Å². The van der Waals surface area contributed by atoms with Gasteiger partial charge >= 0.3 is 41.7 Å². The van der Waals surface area contributed by atoms with Gasteiger partial charge in [-0.15, -0.1) is 0 Å². The fourth-order valence-corrected chi connectivity index (χ4v) is 2.38. The van der Waals surface area contributed by atoms with Crippen molar-refractivity contribution in [3.05, 3.63) is 0 Å². The SMILES string of the molecule is O=C(O)CN(CCN(CC(=O)O)C1(C(=O)O)OC(=O)C(O)C(O)C(=O)O1)CC(=O)O. The Morgan fingerprint density at radius 3 is 1.50 bits per heavy atom. The molecule has 0 aromatic carbocycles. The number of hydrogen-bond donors (Lipinski definition) is 6. The maximum Gasteiger partial charge on any atom is 0.424 e. The molecular weight excluding hydrogens is 420 g/mol. The number of hydrogen-bond acceptors (Lipinski definition) is 12. The van der Waals surface area contributed by atoms with Crippen LogP contribution in [0, 0.1) is 0 Å². The quantitative estimate of drug-likeness (QED) is 0.166. The molecule has 0 amide bonds. The minimum Gasteiger partial charge on any atom is -0.480 e. The summed E-state index contributed by atoms with van der Waals surface area (Å²) in [4.78, 5) is 69.4. The highest BCUT2D eigenvalue weighted by molar-refractivity contribution is 5.92. The van der Waals surface area contributed by atoms with Crippen molar-refractivity contribution in [1.82, 2.24) is 9.80 Å². The molecule has 2 unspecified atom stereocenters. The molecule has 0 spiro atoms. The first-order chi connectivity index (χ1) is 13.8. The first-order valence-corrected chi connectivity index (χ1v) is 7.98. The van der Waals surface area contributed by atoms with Crippen LogP contribution in [0.2, 0.25) is 0 Å². The number of aliphatic carboxylic acids is 4. The molecule has 0 bridgehead atoms. The summed E-state index contributed by atoms with van der Waals surface area (Å²) in [5, 5.41) is 55.2. The highest BCUT2D eigenvalue weighted by Crippen LogP contribution is 2.26. The molecule has 1 fully saturated rings. The van der Waals surface area contributed by atoms with Gasteiger partial charge in [0.15, 0.2) is 12.2 Å². The third-order valence-electron chi connectivity index (χ3n) is 3.68. The van der Waals surface area contributed by atoms with Crippen molar-refractivity contribution in [2.75, 3.05) is 32.7 Å². The molecule has 6 N–H and O–H groups in total. The second kappa shape index (κ2) is 9.92. The van der Waals surface area contributed by atoms with E-state index < -0.39 is 86.7 Å². The van der Waals surface area contributed by atoms with E-state index in [1.54, 1.807) is 0 Å². The molecule has 1 aliphatic rings. The lowest BCUT2D eigenvalue weighted by Crippen LogP contribution is -2.62. The van der Waals surface area contributed by atoms with Crippen LogP contribution < -0.4 is 0 Å². The van der Waals surface area contributed by atoms with Crippen molar-refractivity contribution >= 4 is 35.8 Å².